The van der Waals surface area contributed by atoms with E-state index in [9.17, 15) is 0 Å². The summed E-state index contributed by atoms with van der Waals surface area (Å²) in [5.74, 6) is 1.77. The predicted molar refractivity (Wildman–Crippen MR) is 87.7 cm³/mol. The molecule has 0 aliphatic rings. The Morgan fingerprint density at radius 1 is 1.25 bits per heavy atom. The Bertz CT molecular complexity index is 716. The fourth-order valence-electron chi connectivity index (χ4n) is 2.13. The van der Waals surface area contributed by atoms with E-state index in [1.165, 1.54) is 10.4 Å². The molecule has 0 amide bonds. The van der Waals surface area contributed by atoms with Gasteiger partial charge in [-0.1, -0.05) is 6.07 Å². The summed E-state index contributed by atoms with van der Waals surface area (Å²) in [6, 6.07) is 4.21. The lowest BCUT2D eigenvalue weighted by molar-refractivity contribution is 0.391. The summed E-state index contributed by atoms with van der Waals surface area (Å²) in [5, 5.41) is 8.61. The van der Waals surface area contributed by atoms with Crippen LogP contribution in [0.25, 0.3) is 20.7 Å². The van der Waals surface area contributed by atoms with Crippen molar-refractivity contribution in [3.8, 4) is 10.4 Å². The molecule has 0 saturated heterocycles. The molecule has 0 bridgehead atoms. The fraction of sp³-hybridized carbons (Fsp3) is 0.286. The van der Waals surface area contributed by atoms with Crippen molar-refractivity contribution >= 4 is 38.7 Å². The van der Waals surface area contributed by atoms with Gasteiger partial charge in [-0.2, -0.15) is 0 Å². The number of nitrogens with zero attached hydrogens (tertiary/aromatic N) is 3. The second-order valence-electron chi connectivity index (χ2n) is 4.78. The lowest BCUT2D eigenvalue weighted by atomic mass is 10.2. The lowest BCUT2D eigenvalue weighted by Gasteiger charge is -2.10. The van der Waals surface area contributed by atoms with Crippen molar-refractivity contribution in [1.29, 1.82) is 0 Å². The van der Waals surface area contributed by atoms with Crippen LogP contribution in [0.5, 0.6) is 0 Å². The van der Waals surface area contributed by atoms with Gasteiger partial charge in [-0.15, -0.1) is 22.7 Å². The first kappa shape index (κ1) is 13.5. The van der Waals surface area contributed by atoms with E-state index in [2.05, 4.69) is 43.1 Å². The van der Waals surface area contributed by atoms with Gasteiger partial charge in [0.05, 0.1) is 11.9 Å². The van der Waals surface area contributed by atoms with Gasteiger partial charge in [0.15, 0.2) is 0 Å². The molecule has 0 spiro atoms. The molecule has 0 aliphatic carbocycles. The highest BCUT2D eigenvalue weighted by atomic mass is 32.1. The van der Waals surface area contributed by atoms with E-state index in [1.54, 1.807) is 22.7 Å². The van der Waals surface area contributed by atoms with Crippen molar-refractivity contribution in [3.05, 3.63) is 28.7 Å². The van der Waals surface area contributed by atoms with E-state index in [-0.39, 0.29) is 0 Å². The molecule has 0 atom stereocenters. The fourth-order valence-corrected chi connectivity index (χ4v) is 3.91. The number of fused-ring (bicyclic) bond motifs is 1. The van der Waals surface area contributed by atoms with Gasteiger partial charge in [-0.05, 0) is 25.5 Å². The highest BCUT2D eigenvalue weighted by Gasteiger charge is 2.15. The van der Waals surface area contributed by atoms with Crippen LogP contribution in [0.4, 0.5) is 5.82 Å². The Morgan fingerprint density at radius 2 is 2.10 bits per heavy atom. The van der Waals surface area contributed by atoms with Gasteiger partial charge in [0.25, 0.3) is 0 Å². The van der Waals surface area contributed by atoms with E-state index in [0.717, 1.165) is 28.4 Å². The third-order valence-corrected chi connectivity index (χ3v) is 4.74. The number of anilines is 1. The minimum absolute atomic E-state index is 0.747. The van der Waals surface area contributed by atoms with Gasteiger partial charge in [0, 0.05) is 22.9 Å². The molecule has 0 fully saturated rings. The summed E-state index contributed by atoms with van der Waals surface area (Å²) >= 11 is 3.42. The molecule has 0 aromatic carbocycles. The SMILES string of the molecule is CNc1nc(CN(C)C)nc2scc(-c3cccs3)c12. The van der Waals surface area contributed by atoms with Crippen LogP contribution in [0.15, 0.2) is 22.9 Å². The molecule has 4 nitrogen and oxygen atoms in total. The molecule has 104 valence electrons. The summed E-state index contributed by atoms with van der Waals surface area (Å²) in [4.78, 5) is 13.7. The van der Waals surface area contributed by atoms with Crippen LogP contribution in [0.1, 0.15) is 5.82 Å². The number of aromatic nitrogens is 2. The Morgan fingerprint density at radius 3 is 2.75 bits per heavy atom. The number of hydrogen-bond acceptors (Lipinski definition) is 6. The lowest BCUT2D eigenvalue weighted by Crippen LogP contribution is -2.14. The molecule has 0 unspecified atom stereocenters. The van der Waals surface area contributed by atoms with Gasteiger partial charge in [0.1, 0.15) is 16.5 Å². The quantitative estimate of drug-likeness (QED) is 0.800. The molecule has 1 N–H and O–H groups in total. The number of nitrogens with one attached hydrogen (secondary N) is 1. The monoisotopic (exact) mass is 304 g/mol. The van der Waals surface area contributed by atoms with Crippen LogP contribution in [0.2, 0.25) is 0 Å². The maximum Gasteiger partial charge on any atom is 0.146 e. The Balaban J connectivity index is 2.17. The van der Waals surface area contributed by atoms with Gasteiger partial charge in [-0.25, -0.2) is 9.97 Å². The Labute approximate surface area is 126 Å². The van der Waals surface area contributed by atoms with E-state index in [4.69, 9.17) is 0 Å². The van der Waals surface area contributed by atoms with Crippen molar-refractivity contribution in [1.82, 2.24) is 14.9 Å². The first-order valence-electron chi connectivity index (χ1n) is 6.33. The number of thiophene rings is 2. The smallest absolute Gasteiger partial charge is 0.146 e. The summed E-state index contributed by atoms with van der Waals surface area (Å²) in [6.45, 7) is 0.747. The van der Waals surface area contributed by atoms with Crippen LogP contribution in [-0.4, -0.2) is 36.0 Å². The first-order chi connectivity index (χ1) is 9.69. The van der Waals surface area contributed by atoms with Crippen molar-refractivity contribution in [2.45, 2.75) is 6.54 Å². The van der Waals surface area contributed by atoms with Crippen LogP contribution in [0.3, 0.4) is 0 Å². The molecule has 0 radical (unpaired) electrons. The topological polar surface area (TPSA) is 41.1 Å². The van der Waals surface area contributed by atoms with Gasteiger partial charge >= 0.3 is 0 Å². The number of hydrogen-bond donors (Lipinski definition) is 1. The van der Waals surface area contributed by atoms with Crippen molar-refractivity contribution < 1.29 is 0 Å². The Hall–Kier alpha value is -1.50. The molecule has 20 heavy (non-hydrogen) atoms. The second kappa shape index (κ2) is 5.47. The zero-order chi connectivity index (χ0) is 14.1. The van der Waals surface area contributed by atoms with Crippen molar-refractivity contribution in [2.24, 2.45) is 0 Å². The zero-order valence-corrected chi connectivity index (χ0v) is 13.3. The largest absolute Gasteiger partial charge is 0.372 e. The molecule has 3 heterocycles. The van der Waals surface area contributed by atoms with Gasteiger partial charge in [0.2, 0.25) is 0 Å². The molecule has 6 heteroatoms. The maximum atomic E-state index is 4.68. The van der Waals surface area contributed by atoms with E-state index >= 15 is 0 Å². The second-order valence-corrected chi connectivity index (χ2v) is 6.59. The van der Waals surface area contributed by atoms with Crippen LogP contribution >= 0.6 is 22.7 Å². The summed E-state index contributed by atoms with van der Waals surface area (Å²) in [6.07, 6.45) is 0. The normalized spacial score (nSPS) is 11.4. The van der Waals surface area contributed by atoms with Crippen LogP contribution < -0.4 is 5.32 Å². The summed E-state index contributed by atoms with van der Waals surface area (Å²) in [5.41, 5.74) is 1.22. The highest BCUT2D eigenvalue weighted by Crippen LogP contribution is 2.38. The Kier molecular flexibility index (Phi) is 3.69. The molecular weight excluding hydrogens is 288 g/mol. The number of rotatable bonds is 4. The van der Waals surface area contributed by atoms with Crippen LogP contribution in [-0.2, 0) is 6.54 Å². The summed E-state index contributed by atoms with van der Waals surface area (Å²) < 4.78 is 0. The van der Waals surface area contributed by atoms with E-state index in [1.807, 2.05) is 21.1 Å². The molecule has 3 aromatic heterocycles. The molecule has 3 rings (SSSR count). The standard InChI is InChI=1S/C14H16N4S2/c1-15-13-12-9(10-5-4-6-19-10)8-20-14(12)17-11(16-13)7-18(2)3/h4-6,8H,7H2,1-3H3,(H,15,16,17). The molecule has 0 aliphatic heterocycles. The average Bonchev–Trinajstić information content (AvgIpc) is 3.04. The highest BCUT2D eigenvalue weighted by molar-refractivity contribution is 7.18. The first-order valence-corrected chi connectivity index (χ1v) is 8.09. The third kappa shape index (κ3) is 2.42. The minimum Gasteiger partial charge on any atom is -0.372 e. The van der Waals surface area contributed by atoms with E-state index < -0.39 is 0 Å². The maximum absolute atomic E-state index is 4.68. The molecular formula is C14H16N4S2. The molecule has 0 saturated carbocycles. The minimum atomic E-state index is 0.747. The third-order valence-electron chi connectivity index (χ3n) is 2.96. The average molecular weight is 304 g/mol. The summed E-state index contributed by atoms with van der Waals surface area (Å²) in [7, 11) is 5.97. The van der Waals surface area contributed by atoms with Crippen molar-refractivity contribution in [2.75, 3.05) is 26.5 Å². The predicted octanol–water partition coefficient (Wildman–Crippen LogP) is 3.52. The van der Waals surface area contributed by atoms with Gasteiger partial charge in [-0.3, -0.25) is 0 Å². The van der Waals surface area contributed by atoms with Crippen molar-refractivity contribution in [3.63, 3.8) is 0 Å². The zero-order valence-electron chi connectivity index (χ0n) is 11.7. The van der Waals surface area contributed by atoms with E-state index in [0.29, 0.717) is 0 Å². The molecule has 3 aromatic rings. The van der Waals surface area contributed by atoms with Crippen LogP contribution in [0, 0.1) is 0 Å². The van der Waals surface area contributed by atoms with Gasteiger partial charge < -0.3 is 10.2 Å².